The van der Waals surface area contributed by atoms with Gasteiger partial charge in [0.15, 0.2) is 0 Å². The lowest BCUT2D eigenvalue weighted by Gasteiger charge is -2.36. The first kappa shape index (κ1) is 23.1. The largest absolute Gasteiger partial charge is 0.492 e. The van der Waals surface area contributed by atoms with Crippen LogP contribution in [0.4, 0.5) is 5.69 Å². The van der Waals surface area contributed by atoms with E-state index in [0.717, 1.165) is 5.56 Å². The van der Waals surface area contributed by atoms with Gasteiger partial charge in [-0.3, -0.25) is 4.79 Å². The Kier molecular flexibility index (Phi) is 7.57. The second-order valence-corrected chi connectivity index (χ2v) is 8.50. The molecule has 166 valence electrons. The predicted molar refractivity (Wildman–Crippen MR) is 120 cm³/mol. The van der Waals surface area contributed by atoms with Crippen LogP contribution >= 0.6 is 11.6 Å². The number of rotatable bonds is 7. The van der Waals surface area contributed by atoms with Crippen LogP contribution in [0.15, 0.2) is 42.5 Å². The zero-order chi connectivity index (χ0) is 22.4. The molecule has 1 amide bonds. The number of amides is 1. The molecule has 0 unspecified atom stereocenters. The molecule has 1 heterocycles. The van der Waals surface area contributed by atoms with Crippen LogP contribution in [-0.2, 0) is 19.7 Å². The first-order chi connectivity index (χ1) is 14.9. The van der Waals surface area contributed by atoms with Crippen molar-refractivity contribution in [2.45, 2.75) is 32.1 Å². The summed E-state index contributed by atoms with van der Waals surface area (Å²) in [4.78, 5) is 25.8. The smallest absolute Gasteiger partial charge is 0.341 e. The number of esters is 1. The van der Waals surface area contributed by atoms with Gasteiger partial charge in [0.2, 0.25) is 5.91 Å². The van der Waals surface area contributed by atoms with Gasteiger partial charge in [-0.1, -0.05) is 37.6 Å². The third-order valence-corrected chi connectivity index (χ3v) is 5.64. The van der Waals surface area contributed by atoms with Gasteiger partial charge in [0.1, 0.15) is 11.3 Å². The molecule has 0 bridgehead atoms. The first-order valence-corrected chi connectivity index (χ1v) is 10.7. The van der Waals surface area contributed by atoms with E-state index in [4.69, 9.17) is 25.8 Å². The summed E-state index contributed by atoms with van der Waals surface area (Å²) < 4.78 is 16.2. The number of methoxy groups -OCH3 is 1. The van der Waals surface area contributed by atoms with E-state index in [-0.39, 0.29) is 11.5 Å². The number of ether oxygens (including phenoxy) is 3. The molecule has 7 heteroatoms. The zero-order valence-corrected chi connectivity index (χ0v) is 18.8. The van der Waals surface area contributed by atoms with Crippen LogP contribution in [0.2, 0.25) is 5.02 Å². The molecule has 0 saturated carbocycles. The molecule has 31 heavy (non-hydrogen) atoms. The van der Waals surface area contributed by atoms with E-state index < -0.39 is 11.4 Å². The van der Waals surface area contributed by atoms with Crippen LogP contribution in [0.5, 0.6) is 5.75 Å². The highest BCUT2D eigenvalue weighted by Gasteiger charge is 2.41. The average molecular weight is 446 g/mol. The number of carbonyl (C=O) groups is 2. The number of nitrogens with one attached hydrogen (secondary N) is 1. The molecule has 0 aromatic heterocycles. The third kappa shape index (κ3) is 5.38. The summed E-state index contributed by atoms with van der Waals surface area (Å²) >= 11 is 6.05. The lowest BCUT2D eigenvalue weighted by Crippen LogP contribution is -2.44. The summed E-state index contributed by atoms with van der Waals surface area (Å²) in [6.45, 7) is 5.50. The van der Waals surface area contributed by atoms with Crippen molar-refractivity contribution in [1.82, 2.24) is 0 Å². The van der Waals surface area contributed by atoms with Crippen molar-refractivity contribution in [3.8, 4) is 5.75 Å². The summed E-state index contributed by atoms with van der Waals surface area (Å²) in [5.74, 6) is 0.0628. The molecule has 2 aromatic rings. The molecule has 6 nitrogen and oxygen atoms in total. The quantitative estimate of drug-likeness (QED) is 0.617. The van der Waals surface area contributed by atoms with Crippen LogP contribution < -0.4 is 10.1 Å². The van der Waals surface area contributed by atoms with Crippen molar-refractivity contribution in [2.24, 2.45) is 5.92 Å². The second kappa shape index (κ2) is 10.2. The minimum Gasteiger partial charge on any atom is -0.492 e. The van der Waals surface area contributed by atoms with E-state index in [1.807, 2.05) is 26.0 Å². The Bertz CT molecular complexity index is 920. The number of carbonyl (C=O) groups excluding carboxylic acids is 2. The number of halogens is 1. The molecule has 0 aliphatic carbocycles. The number of hydrogen-bond donors (Lipinski definition) is 1. The summed E-state index contributed by atoms with van der Waals surface area (Å²) in [7, 11) is 1.32. The van der Waals surface area contributed by atoms with Crippen molar-refractivity contribution < 1.29 is 23.8 Å². The Morgan fingerprint density at radius 3 is 2.42 bits per heavy atom. The fourth-order valence-corrected chi connectivity index (χ4v) is 3.77. The van der Waals surface area contributed by atoms with Gasteiger partial charge in [-0.15, -0.1) is 0 Å². The minimum atomic E-state index is -0.735. The Morgan fingerprint density at radius 1 is 1.13 bits per heavy atom. The highest BCUT2D eigenvalue weighted by Crippen LogP contribution is 2.37. The maximum Gasteiger partial charge on any atom is 0.341 e. The van der Waals surface area contributed by atoms with Crippen molar-refractivity contribution in [2.75, 3.05) is 32.2 Å². The van der Waals surface area contributed by atoms with Gasteiger partial charge in [-0.05, 0) is 54.7 Å². The topological polar surface area (TPSA) is 73.9 Å². The Balaban J connectivity index is 1.89. The van der Waals surface area contributed by atoms with Gasteiger partial charge in [0.05, 0.1) is 19.1 Å². The van der Waals surface area contributed by atoms with E-state index in [9.17, 15) is 9.59 Å². The molecule has 1 saturated heterocycles. The summed E-state index contributed by atoms with van der Waals surface area (Å²) in [5.41, 5.74) is 0.930. The maximum atomic E-state index is 13.5. The van der Waals surface area contributed by atoms with Gasteiger partial charge in [0, 0.05) is 23.9 Å². The summed E-state index contributed by atoms with van der Waals surface area (Å²) in [6, 6.07) is 12.4. The van der Waals surface area contributed by atoms with Crippen molar-refractivity contribution in [3.63, 3.8) is 0 Å². The van der Waals surface area contributed by atoms with Gasteiger partial charge in [-0.2, -0.15) is 0 Å². The average Bonchev–Trinajstić information content (AvgIpc) is 2.78. The van der Waals surface area contributed by atoms with E-state index in [0.29, 0.717) is 55.0 Å². The molecule has 1 aliphatic rings. The van der Waals surface area contributed by atoms with Gasteiger partial charge in [0.25, 0.3) is 0 Å². The molecule has 0 spiro atoms. The lowest BCUT2D eigenvalue weighted by atomic mass is 9.73. The van der Waals surface area contributed by atoms with Crippen LogP contribution in [0.1, 0.15) is 42.6 Å². The monoisotopic (exact) mass is 445 g/mol. The highest BCUT2D eigenvalue weighted by molar-refractivity contribution is 6.30. The van der Waals surface area contributed by atoms with Gasteiger partial charge < -0.3 is 19.5 Å². The van der Waals surface area contributed by atoms with E-state index >= 15 is 0 Å². The Morgan fingerprint density at radius 2 is 1.81 bits per heavy atom. The maximum absolute atomic E-state index is 13.5. The van der Waals surface area contributed by atoms with Crippen LogP contribution in [-0.4, -0.2) is 38.8 Å². The highest BCUT2D eigenvalue weighted by atomic mass is 35.5. The SMILES string of the molecule is COC(=O)c1cc(NC(=O)C2(c3ccc(Cl)cc3)CCOCC2)ccc1OCC(C)C. The van der Waals surface area contributed by atoms with Gasteiger partial charge >= 0.3 is 5.97 Å². The predicted octanol–water partition coefficient (Wildman–Crippen LogP) is 4.85. The Hall–Kier alpha value is -2.57. The lowest BCUT2D eigenvalue weighted by molar-refractivity contribution is -0.125. The fourth-order valence-electron chi connectivity index (χ4n) is 3.65. The van der Waals surface area contributed by atoms with E-state index in [1.54, 1.807) is 30.3 Å². The molecule has 1 aliphatic heterocycles. The number of anilines is 1. The second-order valence-electron chi connectivity index (χ2n) is 8.06. The molecule has 0 atom stereocenters. The van der Waals surface area contributed by atoms with Crippen LogP contribution in [0, 0.1) is 5.92 Å². The molecule has 1 N–H and O–H groups in total. The number of hydrogen-bond acceptors (Lipinski definition) is 5. The molecule has 3 rings (SSSR count). The third-order valence-electron chi connectivity index (χ3n) is 5.39. The van der Waals surface area contributed by atoms with E-state index in [1.165, 1.54) is 7.11 Å². The normalized spacial score (nSPS) is 15.4. The standard InChI is InChI=1S/C24H28ClNO5/c1-16(2)15-31-21-9-8-19(14-20(21)22(27)29-3)26-23(28)24(10-12-30-13-11-24)17-4-6-18(25)7-5-17/h4-9,14,16H,10-13,15H2,1-3H3,(H,26,28). The van der Waals surface area contributed by atoms with Crippen molar-refractivity contribution in [1.29, 1.82) is 0 Å². The molecular formula is C24H28ClNO5. The molecular weight excluding hydrogens is 418 g/mol. The molecule has 0 radical (unpaired) electrons. The number of benzene rings is 2. The minimum absolute atomic E-state index is 0.148. The Labute approximate surface area is 187 Å². The van der Waals surface area contributed by atoms with Crippen molar-refractivity contribution in [3.05, 3.63) is 58.6 Å². The summed E-state index contributed by atoms with van der Waals surface area (Å²) in [5, 5.41) is 3.60. The van der Waals surface area contributed by atoms with Crippen LogP contribution in [0.3, 0.4) is 0 Å². The van der Waals surface area contributed by atoms with Crippen LogP contribution in [0.25, 0.3) is 0 Å². The summed E-state index contributed by atoms with van der Waals surface area (Å²) in [6.07, 6.45) is 1.11. The van der Waals surface area contributed by atoms with Crippen molar-refractivity contribution >= 4 is 29.2 Å². The van der Waals surface area contributed by atoms with E-state index in [2.05, 4.69) is 5.32 Å². The zero-order valence-electron chi connectivity index (χ0n) is 18.1. The van der Waals surface area contributed by atoms with Gasteiger partial charge in [-0.25, -0.2) is 4.79 Å². The molecule has 2 aromatic carbocycles. The first-order valence-electron chi connectivity index (χ1n) is 10.4. The molecule has 1 fully saturated rings. The fraction of sp³-hybridized carbons (Fsp3) is 0.417.